The molecule has 246 valence electrons. The van der Waals surface area contributed by atoms with Crippen LogP contribution in [0.5, 0.6) is 0 Å². The fraction of sp³-hybridized carbons (Fsp3) is 0.316. The van der Waals surface area contributed by atoms with Crippen LogP contribution in [-0.2, 0) is 27.1 Å². The molecule has 0 unspecified atom stereocenters. The van der Waals surface area contributed by atoms with Crippen LogP contribution in [0.25, 0.3) is 22.3 Å². The summed E-state index contributed by atoms with van der Waals surface area (Å²) in [6.07, 6.45) is -1.27. The first-order chi connectivity index (χ1) is 23.5. The van der Waals surface area contributed by atoms with Gasteiger partial charge in [0.25, 0.3) is 0 Å². The van der Waals surface area contributed by atoms with E-state index in [-0.39, 0.29) is 21.4 Å². The van der Waals surface area contributed by atoms with Gasteiger partial charge in [-0.15, -0.1) is 47.0 Å². The molecule has 0 radical (unpaired) electrons. The Morgan fingerprint density at radius 3 is 1.33 bits per heavy atom. The Morgan fingerprint density at radius 2 is 0.938 bits per heavy atom. The molecule has 2 heterocycles. The van der Waals surface area contributed by atoms with Crippen LogP contribution in [0.3, 0.4) is 0 Å². The van der Waals surface area contributed by atoms with Gasteiger partial charge in [0.2, 0.25) is 0 Å². The number of rotatable bonds is 9. The van der Waals surface area contributed by atoms with Crippen molar-refractivity contribution in [2.24, 2.45) is 0 Å². The molecule has 2 aliphatic carbocycles. The van der Waals surface area contributed by atoms with E-state index >= 15 is 0 Å². The third kappa shape index (κ3) is 5.22. The van der Waals surface area contributed by atoms with Crippen molar-refractivity contribution in [2.45, 2.75) is 20.4 Å². The highest BCUT2D eigenvalue weighted by Gasteiger charge is 2.48. The van der Waals surface area contributed by atoms with Gasteiger partial charge < -0.3 is 18.9 Å². The number of hydrogen-bond acceptors (Lipinski definition) is 10. The van der Waals surface area contributed by atoms with Gasteiger partial charge in [-0.1, -0.05) is 60.7 Å². The molecule has 4 aliphatic rings. The summed E-state index contributed by atoms with van der Waals surface area (Å²) in [4.78, 5) is 26.7. The lowest BCUT2D eigenvalue weighted by molar-refractivity contribution is -0.0862. The number of esters is 2. The second kappa shape index (κ2) is 13.1. The number of fused-ring (bicyclic) bond motifs is 10. The molecule has 8 rings (SSSR count). The van der Waals surface area contributed by atoms with Crippen molar-refractivity contribution < 1.29 is 28.5 Å². The third-order valence-corrected chi connectivity index (χ3v) is 16.5. The highest BCUT2D eigenvalue weighted by molar-refractivity contribution is 8.21. The van der Waals surface area contributed by atoms with Crippen molar-refractivity contribution in [1.29, 1.82) is 0 Å². The van der Waals surface area contributed by atoms with Gasteiger partial charge >= 0.3 is 11.9 Å². The van der Waals surface area contributed by atoms with Gasteiger partial charge in [-0.3, -0.25) is 0 Å². The summed E-state index contributed by atoms with van der Waals surface area (Å²) in [6, 6.07) is 28.7. The van der Waals surface area contributed by atoms with Crippen LogP contribution < -0.4 is 0 Å². The van der Waals surface area contributed by atoms with Gasteiger partial charge in [0, 0.05) is 37.2 Å². The summed E-state index contributed by atoms with van der Waals surface area (Å²) in [5.41, 5.74) is 10.7. The van der Waals surface area contributed by atoms with E-state index < -0.39 is 24.1 Å². The highest BCUT2D eigenvalue weighted by Crippen LogP contribution is 2.65. The Kier molecular flexibility index (Phi) is 8.84. The molecular weight excluding hydrogens is 681 g/mol. The lowest BCUT2D eigenvalue weighted by atomic mass is 10.0. The van der Waals surface area contributed by atoms with Crippen molar-refractivity contribution in [1.82, 2.24) is 0 Å². The van der Waals surface area contributed by atoms with Crippen LogP contribution >= 0.6 is 47.0 Å². The number of ether oxygens (including phenoxy) is 4. The largest absolute Gasteiger partial charge is 0.459 e. The van der Waals surface area contributed by atoms with Crippen molar-refractivity contribution >= 4 is 59.0 Å². The van der Waals surface area contributed by atoms with Gasteiger partial charge in [0.15, 0.2) is 0 Å². The van der Waals surface area contributed by atoms with Gasteiger partial charge in [0.1, 0.15) is 33.6 Å². The van der Waals surface area contributed by atoms with Crippen molar-refractivity contribution in [2.75, 3.05) is 50.4 Å². The van der Waals surface area contributed by atoms with E-state index in [4.69, 9.17) is 18.9 Å². The lowest BCUT2D eigenvalue weighted by Crippen LogP contribution is -2.38. The zero-order chi connectivity index (χ0) is 32.9. The number of methoxy groups -OCH3 is 2. The fourth-order valence-electron chi connectivity index (χ4n) is 7.24. The maximum Gasteiger partial charge on any atom is 0.338 e. The molecule has 0 aromatic heterocycles. The van der Waals surface area contributed by atoms with Gasteiger partial charge in [-0.25, -0.2) is 9.59 Å². The monoisotopic (exact) mass is 714 g/mol. The Labute approximate surface area is 297 Å². The number of benzene rings is 4. The summed E-state index contributed by atoms with van der Waals surface area (Å²) >= 11 is 7.73. The molecule has 6 nitrogen and oxygen atoms in total. The van der Waals surface area contributed by atoms with Crippen molar-refractivity contribution in [3.63, 3.8) is 0 Å². The van der Waals surface area contributed by atoms with Crippen molar-refractivity contribution in [3.05, 3.63) is 118 Å². The first-order valence-electron chi connectivity index (χ1n) is 15.9. The van der Waals surface area contributed by atoms with E-state index in [0.717, 1.165) is 34.1 Å². The molecular formula is C38H34O6S4. The van der Waals surface area contributed by atoms with Gasteiger partial charge in [-0.05, 0) is 68.8 Å². The maximum absolute atomic E-state index is 13.4. The normalized spacial score (nSPS) is 18.6. The molecule has 10 heteroatoms. The maximum atomic E-state index is 13.4. The third-order valence-electron chi connectivity index (χ3n) is 9.53. The second-order valence-electron chi connectivity index (χ2n) is 12.0. The molecule has 0 bridgehead atoms. The smallest absolute Gasteiger partial charge is 0.338 e. The first kappa shape index (κ1) is 32.4. The molecule has 0 saturated carbocycles. The van der Waals surface area contributed by atoms with Crippen LogP contribution in [-0.4, -0.2) is 74.6 Å². The molecule has 2 fully saturated rings. The second-order valence-corrected chi connectivity index (χ2v) is 17.7. The predicted molar refractivity (Wildman–Crippen MR) is 197 cm³/mol. The number of carbonyl (C=O) groups is 2. The quantitative estimate of drug-likeness (QED) is 0.159. The van der Waals surface area contributed by atoms with Crippen molar-refractivity contribution in [3.8, 4) is 22.3 Å². The predicted octanol–water partition coefficient (Wildman–Crippen LogP) is 8.05. The Hall–Kier alpha value is -2.86. The van der Waals surface area contributed by atoms with Crippen LogP contribution in [0.1, 0.15) is 43.0 Å². The molecule has 4 aromatic carbocycles. The molecule has 48 heavy (non-hydrogen) atoms. The van der Waals surface area contributed by atoms with E-state index in [2.05, 4.69) is 48.5 Å². The molecule has 2 atom stereocenters. The highest BCUT2D eigenvalue weighted by atomic mass is 32.2. The minimum atomic E-state index is -0.637. The number of carbonyl (C=O) groups excluding carboxylic acids is 2. The van der Waals surface area contributed by atoms with Crippen LogP contribution in [0.15, 0.2) is 84.9 Å². The van der Waals surface area contributed by atoms with Gasteiger partial charge in [0.05, 0.1) is 11.1 Å². The molecule has 4 aromatic rings. The Bertz CT molecular complexity index is 1760. The van der Waals surface area contributed by atoms with E-state index in [1.54, 1.807) is 0 Å². The zero-order valence-electron chi connectivity index (χ0n) is 26.6. The van der Waals surface area contributed by atoms with E-state index in [1.165, 1.54) is 47.6 Å². The first-order valence-corrected chi connectivity index (χ1v) is 19.9. The van der Waals surface area contributed by atoms with E-state index in [0.29, 0.717) is 11.1 Å². The molecule has 2 aliphatic heterocycles. The summed E-state index contributed by atoms with van der Waals surface area (Å²) < 4.78 is 22.5. The molecule has 2 spiro atoms. The van der Waals surface area contributed by atoms with Crippen LogP contribution in [0, 0.1) is 0 Å². The zero-order valence-corrected chi connectivity index (χ0v) is 29.8. The lowest BCUT2D eigenvalue weighted by Gasteiger charge is -2.26. The summed E-state index contributed by atoms with van der Waals surface area (Å²) in [5, 5.41) is 0. The average Bonchev–Trinajstić information content (AvgIpc) is 3.93. The van der Waals surface area contributed by atoms with Crippen LogP contribution in [0.4, 0.5) is 0 Å². The molecule has 2 saturated heterocycles. The number of thioether (sulfide) groups is 4. The summed E-state index contributed by atoms with van der Waals surface area (Å²) in [6.45, 7) is -0.100. The average molecular weight is 715 g/mol. The minimum Gasteiger partial charge on any atom is -0.459 e. The minimum absolute atomic E-state index is 0.0502. The Balaban J connectivity index is 0.934. The summed E-state index contributed by atoms with van der Waals surface area (Å²) in [5.74, 6) is 3.38. The van der Waals surface area contributed by atoms with Gasteiger partial charge in [-0.2, -0.15) is 0 Å². The SMILES string of the molecule is CO[C@@H](COC(=O)c1ccc2c(c1)C1(SCCS1)c1ccccc1-2)[C@H](COC(=O)c1ccc2c(c1)C1(SCCS1)c1ccccc1-2)OC. The molecule has 0 N–H and O–H groups in total. The molecule has 0 amide bonds. The van der Waals surface area contributed by atoms with E-state index in [1.807, 2.05) is 83.4 Å². The fourth-order valence-corrected chi connectivity index (χ4v) is 14.0. The summed E-state index contributed by atoms with van der Waals surface area (Å²) in [7, 11) is 3.07. The topological polar surface area (TPSA) is 71.1 Å². The van der Waals surface area contributed by atoms with E-state index in [9.17, 15) is 9.59 Å². The number of hydrogen-bond donors (Lipinski definition) is 0. The Morgan fingerprint density at radius 1 is 0.562 bits per heavy atom. The standard InChI is InChI=1S/C38H34O6S4/c1-41-33(21-43-35(39)23-11-13-27-25-7-3-5-9-29(25)37(31(27)19-23)45-15-16-46-37)34(42-2)22-44-36(40)24-12-14-28-26-8-4-6-10-30(26)38(32(28)20-24)47-17-18-48-38/h3-14,19-20,33-34H,15-18,21-22H2,1-2H3/t33-,34-/m0/s1. The van der Waals surface area contributed by atoms with Crippen LogP contribution in [0.2, 0.25) is 0 Å².